The molecule has 0 bridgehead atoms. The minimum Gasteiger partial charge on any atom is -0.510 e. The van der Waals surface area contributed by atoms with Crippen molar-refractivity contribution in [1.29, 1.82) is 0 Å². The number of nitrogens with zero attached hydrogens (tertiary/aromatic N) is 1. The molecule has 12 nitrogen and oxygen atoms in total. The molecule has 0 radical (unpaired) electrons. The summed E-state index contributed by atoms with van der Waals surface area (Å²) in [5.74, 6) is -6.06. The van der Waals surface area contributed by atoms with Crippen molar-refractivity contribution in [3.8, 4) is 0 Å². The molecule has 0 aliphatic heterocycles. The molecular formula is C31H29NO11S2. The lowest BCUT2D eigenvalue weighted by Gasteiger charge is -2.34. The van der Waals surface area contributed by atoms with Gasteiger partial charge in [-0.25, -0.2) is 26.4 Å². The van der Waals surface area contributed by atoms with E-state index in [1.54, 1.807) is 12.1 Å². The first-order valence-corrected chi connectivity index (χ1v) is 16.9. The molecular weight excluding hydrogens is 626 g/mol. The zero-order valence-corrected chi connectivity index (χ0v) is 25.8. The molecule has 0 amide bonds. The third-order valence-electron chi connectivity index (χ3n) is 7.02. The van der Waals surface area contributed by atoms with Crippen LogP contribution >= 0.6 is 0 Å². The second kappa shape index (κ2) is 13.4. The summed E-state index contributed by atoms with van der Waals surface area (Å²) in [6, 6.07) is 18.5. The summed E-state index contributed by atoms with van der Waals surface area (Å²) in [5, 5.41) is 20.9. The lowest BCUT2D eigenvalue weighted by molar-refractivity contribution is -0.384. The highest BCUT2D eigenvalue weighted by Gasteiger charge is 2.50. The summed E-state index contributed by atoms with van der Waals surface area (Å²) >= 11 is 0. The number of nitro groups is 1. The minimum absolute atomic E-state index is 0.0309. The summed E-state index contributed by atoms with van der Waals surface area (Å²) in [5.41, 5.74) is -2.04. The number of rotatable bonds is 11. The zero-order chi connectivity index (χ0) is 32.9. The van der Waals surface area contributed by atoms with Crippen molar-refractivity contribution >= 4 is 37.3 Å². The van der Waals surface area contributed by atoms with E-state index in [0.29, 0.717) is 0 Å². The topological polar surface area (TPSA) is 184 Å². The summed E-state index contributed by atoms with van der Waals surface area (Å²) in [6.45, 7) is 2.53. The first-order valence-electron chi connectivity index (χ1n) is 13.7. The van der Waals surface area contributed by atoms with Gasteiger partial charge in [-0.3, -0.25) is 10.1 Å². The Labute approximate surface area is 259 Å². The molecule has 0 spiro atoms. The Balaban J connectivity index is 2.14. The van der Waals surface area contributed by atoms with Crippen LogP contribution < -0.4 is 0 Å². The van der Waals surface area contributed by atoms with Crippen LogP contribution in [0.4, 0.5) is 5.69 Å². The van der Waals surface area contributed by atoms with E-state index in [4.69, 9.17) is 9.47 Å². The molecule has 2 atom stereocenters. The normalized spacial score (nSPS) is 17.1. The standard InChI is InChI=1S/C31H29NO11S2/c1-3-42-30(34)26-24(19-44(38,39)22-11-7-5-8-12-22)29(45(40,41)23-13-9-6-10-14-23)28(33)27(31(35)43-4-2)25(26)20-15-17-21(18-16-20)32(36)37/h5-18,25,29,33H,3-4,19H2,1-2H3/t25-,29+/m0/s1. The van der Waals surface area contributed by atoms with Gasteiger partial charge in [0.05, 0.1) is 50.7 Å². The summed E-state index contributed by atoms with van der Waals surface area (Å²) in [7, 11) is -9.12. The van der Waals surface area contributed by atoms with Crippen LogP contribution in [0.5, 0.6) is 0 Å². The van der Waals surface area contributed by atoms with Crippen LogP contribution in [0.15, 0.2) is 117 Å². The highest BCUT2D eigenvalue weighted by atomic mass is 32.2. The van der Waals surface area contributed by atoms with Gasteiger partial charge in [-0.2, -0.15) is 0 Å². The second-order valence-electron chi connectivity index (χ2n) is 9.77. The Morgan fingerprint density at radius 3 is 1.76 bits per heavy atom. The Kier molecular flexibility index (Phi) is 9.88. The predicted molar refractivity (Wildman–Crippen MR) is 162 cm³/mol. The van der Waals surface area contributed by atoms with E-state index in [9.17, 15) is 41.6 Å². The van der Waals surface area contributed by atoms with Crippen LogP contribution in [-0.4, -0.2) is 63.0 Å². The fourth-order valence-corrected chi connectivity index (χ4v) is 8.48. The number of hydrogen-bond acceptors (Lipinski definition) is 11. The average molecular weight is 656 g/mol. The third-order valence-corrected chi connectivity index (χ3v) is 10.8. The maximum absolute atomic E-state index is 14.2. The number of aliphatic hydroxyl groups excluding tert-OH is 1. The van der Waals surface area contributed by atoms with Crippen LogP contribution in [-0.2, 0) is 38.7 Å². The minimum atomic E-state index is -4.74. The molecule has 45 heavy (non-hydrogen) atoms. The Morgan fingerprint density at radius 1 is 0.778 bits per heavy atom. The molecule has 0 unspecified atom stereocenters. The van der Waals surface area contributed by atoms with Gasteiger partial charge in [0.25, 0.3) is 5.69 Å². The van der Waals surface area contributed by atoms with Gasteiger partial charge in [0.1, 0.15) is 11.0 Å². The smallest absolute Gasteiger partial charge is 0.338 e. The van der Waals surface area contributed by atoms with E-state index in [1.807, 2.05) is 0 Å². The van der Waals surface area contributed by atoms with Crippen molar-refractivity contribution in [3.05, 3.63) is 123 Å². The lowest BCUT2D eigenvalue weighted by atomic mass is 9.76. The van der Waals surface area contributed by atoms with Gasteiger partial charge in [0, 0.05) is 12.1 Å². The zero-order valence-electron chi connectivity index (χ0n) is 24.2. The molecule has 0 fully saturated rings. The average Bonchev–Trinajstić information content (AvgIpc) is 3.01. The summed E-state index contributed by atoms with van der Waals surface area (Å²) in [4.78, 5) is 37.4. The number of aliphatic hydroxyl groups is 1. The fourth-order valence-electron chi connectivity index (χ4n) is 5.09. The number of sulfone groups is 2. The quantitative estimate of drug-likeness (QED) is 0.177. The van der Waals surface area contributed by atoms with Gasteiger partial charge < -0.3 is 14.6 Å². The van der Waals surface area contributed by atoms with Gasteiger partial charge >= 0.3 is 11.9 Å². The summed E-state index contributed by atoms with van der Waals surface area (Å²) < 4.78 is 66.5. The Bertz CT molecular complexity index is 1880. The monoisotopic (exact) mass is 655 g/mol. The number of non-ortho nitro benzene ring substituents is 1. The van der Waals surface area contributed by atoms with Crippen LogP contribution in [0.1, 0.15) is 25.3 Å². The number of carbonyl (C=O) groups is 2. The van der Waals surface area contributed by atoms with Crippen molar-refractivity contribution < 1.29 is 45.9 Å². The summed E-state index contributed by atoms with van der Waals surface area (Å²) in [6.07, 6.45) is 0. The van der Waals surface area contributed by atoms with Gasteiger partial charge in [0.15, 0.2) is 19.7 Å². The van der Waals surface area contributed by atoms with Gasteiger partial charge in [-0.15, -0.1) is 0 Å². The number of carbonyl (C=O) groups excluding carboxylic acids is 2. The highest BCUT2D eigenvalue weighted by Crippen LogP contribution is 2.46. The van der Waals surface area contributed by atoms with Crippen LogP contribution in [0.3, 0.4) is 0 Å². The van der Waals surface area contributed by atoms with E-state index in [2.05, 4.69) is 0 Å². The number of benzene rings is 3. The SMILES string of the molecule is CCOC(=O)C1=C(O)[C@H](S(=O)(=O)c2ccccc2)C(CS(=O)(=O)c2ccccc2)=C(C(=O)OCC)[C@@H]1c1ccc([N+](=O)[O-])cc1. The van der Waals surface area contributed by atoms with Crippen molar-refractivity contribution in [2.45, 2.75) is 34.8 Å². The van der Waals surface area contributed by atoms with Crippen molar-refractivity contribution in [3.63, 3.8) is 0 Å². The third kappa shape index (κ3) is 6.66. The molecule has 1 aliphatic carbocycles. The van der Waals surface area contributed by atoms with E-state index in [0.717, 1.165) is 12.1 Å². The molecule has 0 heterocycles. The number of hydrogen-bond donors (Lipinski definition) is 1. The predicted octanol–water partition coefficient (Wildman–Crippen LogP) is 4.24. The van der Waals surface area contributed by atoms with E-state index < -0.39 is 75.9 Å². The molecule has 4 rings (SSSR count). The molecule has 14 heteroatoms. The van der Waals surface area contributed by atoms with Crippen molar-refractivity contribution in [1.82, 2.24) is 0 Å². The van der Waals surface area contributed by atoms with Gasteiger partial charge in [-0.05, 0) is 49.2 Å². The highest BCUT2D eigenvalue weighted by molar-refractivity contribution is 7.93. The molecule has 1 aliphatic rings. The molecule has 236 valence electrons. The van der Waals surface area contributed by atoms with Crippen molar-refractivity contribution in [2.24, 2.45) is 0 Å². The van der Waals surface area contributed by atoms with E-state index in [1.165, 1.54) is 74.5 Å². The van der Waals surface area contributed by atoms with E-state index in [-0.39, 0.29) is 34.3 Å². The molecule has 1 N–H and O–H groups in total. The van der Waals surface area contributed by atoms with Crippen LogP contribution in [0.25, 0.3) is 0 Å². The fraction of sp³-hybridized carbons (Fsp3) is 0.226. The molecule has 0 saturated carbocycles. The van der Waals surface area contributed by atoms with Crippen molar-refractivity contribution in [2.75, 3.05) is 19.0 Å². The van der Waals surface area contributed by atoms with E-state index >= 15 is 0 Å². The largest absolute Gasteiger partial charge is 0.510 e. The first-order chi connectivity index (χ1) is 21.3. The van der Waals surface area contributed by atoms with Gasteiger partial charge in [0.2, 0.25) is 0 Å². The second-order valence-corrected chi connectivity index (χ2v) is 13.8. The van der Waals surface area contributed by atoms with Crippen LogP contribution in [0.2, 0.25) is 0 Å². The molecule has 3 aromatic carbocycles. The first kappa shape index (κ1) is 33.1. The lowest BCUT2D eigenvalue weighted by Crippen LogP contribution is -2.40. The number of nitro benzene ring substituents is 1. The molecule has 0 saturated heterocycles. The maximum Gasteiger partial charge on any atom is 0.338 e. The maximum atomic E-state index is 14.2. The number of esters is 2. The van der Waals surface area contributed by atoms with Crippen LogP contribution in [0, 0.1) is 10.1 Å². The number of ether oxygens (including phenoxy) is 2. The molecule has 0 aromatic heterocycles. The Morgan fingerprint density at radius 2 is 1.27 bits per heavy atom. The van der Waals surface area contributed by atoms with Gasteiger partial charge in [-0.1, -0.05) is 48.5 Å². The molecule has 3 aromatic rings. The Hall–Kier alpha value is -4.82.